The van der Waals surface area contributed by atoms with E-state index in [4.69, 9.17) is 33.4 Å². The van der Waals surface area contributed by atoms with Gasteiger partial charge < -0.3 is 46.8 Å². The molecule has 0 unspecified atom stereocenters. The molecule has 10 rings (SSSR count). The lowest BCUT2D eigenvalue weighted by atomic mass is 9.88. The summed E-state index contributed by atoms with van der Waals surface area (Å²) in [6.07, 6.45) is 10.5. The fraction of sp³-hybridized carbons (Fsp3) is 0.310. The predicted octanol–water partition coefficient (Wildman–Crippen LogP) is 7.57. The number of fused-ring (bicyclic) bond motifs is 2. The molecule has 8 aromatic rings. The zero-order chi connectivity index (χ0) is 59.3. The first-order chi connectivity index (χ1) is 39.8. The molecule has 0 bridgehead atoms. The normalized spacial score (nSPS) is 15.6. The van der Waals surface area contributed by atoms with Gasteiger partial charge >= 0.3 is 5.97 Å². The minimum Gasteiger partial charge on any atom is -0.480 e. The number of carbonyl (C=O) groups excluding carboxylic acids is 5. The quantitative estimate of drug-likeness (QED) is 0.0341. The molecule has 2 aliphatic carbocycles. The summed E-state index contributed by atoms with van der Waals surface area (Å²) in [5.74, 6) is -3.74. The van der Waals surface area contributed by atoms with Gasteiger partial charge in [-0.25, -0.2) is 28.7 Å². The van der Waals surface area contributed by atoms with Gasteiger partial charge in [0.05, 0.1) is 82.5 Å². The van der Waals surface area contributed by atoms with Gasteiger partial charge in [-0.15, -0.1) is 0 Å². The van der Waals surface area contributed by atoms with Crippen LogP contribution < -0.4 is 26.6 Å². The average molecular weight is 1210 g/mol. The maximum absolute atomic E-state index is 14.2. The zero-order valence-corrected chi connectivity index (χ0v) is 46.1. The number of halogens is 4. The van der Waals surface area contributed by atoms with Gasteiger partial charge in [0.25, 0.3) is 0 Å². The van der Waals surface area contributed by atoms with Crippen LogP contribution in [0, 0.1) is 11.6 Å². The molecule has 0 spiro atoms. The first-order valence-electron chi connectivity index (χ1n) is 25.9. The lowest BCUT2D eigenvalue weighted by Gasteiger charge is -2.40. The van der Waals surface area contributed by atoms with E-state index in [0.717, 1.165) is 5.69 Å². The van der Waals surface area contributed by atoms with Gasteiger partial charge in [-0.3, -0.25) is 38.1 Å². The number of carboxylic acid groups (broad SMARTS) is 1. The van der Waals surface area contributed by atoms with Crippen molar-refractivity contribution in [2.45, 2.75) is 105 Å². The summed E-state index contributed by atoms with van der Waals surface area (Å²) >= 11 is 11.5. The number of Topliss-reactive ketones (excluding diaryl/α,β-unsaturated/α-hetero) is 2. The van der Waals surface area contributed by atoms with Crippen LogP contribution in [0.2, 0.25) is 10.0 Å². The van der Waals surface area contributed by atoms with Gasteiger partial charge in [-0.05, 0) is 74.2 Å². The Hall–Kier alpha value is -8.88. The molecule has 4 aromatic heterocycles. The van der Waals surface area contributed by atoms with Crippen molar-refractivity contribution >= 4 is 103 Å². The van der Waals surface area contributed by atoms with Crippen molar-refractivity contribution in [3.63, 3.8) is 0 Å². The van der Waals surface area contributed by atoms with E-state index in [2.05, 4.69) is 56.7 Å². The molecule has 0 atom stereocenters. The molecular weight excluding hydrogens is 1150 g/mol. The van der Waals surface area contributed by atoms with Gasteiger partial charge in [-0.2, -0.15) is 10.2 Å². The number of aromatic nitrogens is 8. The molecule has 4 heterocycles. The number of rotatable bonds is 20. The molecular formula is C58H64Cl2F2N14O9. The van der Waals surface area contributed by atoms with Crippen LogP contribution >= 0.6 is 23.2 Å². The maximum atomic E-state index is 14.2. The Morgan fingerprint density at radius 1 is 0.624 bits per heavy atom. The summed E-state index contributed by atoms with van der Waals surface area (Å²) in [4.78, 5) is 90.1. The highest BCUT2D eigenvalue weighted by Gasteiger charge is 2.36. The van der Waals surface area contributed by atoms with E-state index in [0.29, 0.717) is 70.1 Å². The van der Waals surface area contributed by atoms with Gasteiger partial charge in [-0.1, -0.05) is 62.3 Å². The number of carboxylic acids is 1. The Labute approximate surface area is 497 Å². The number of hydrogen-bond acceptors (Lipinski definition) is 17. The minimum atomic E-state index is -1.02. The third-order valence-electron chi connectivity index (χ3n) is 13.3. The monoisotopic (exact) mass is 1210 g/mol. The molecule has 0 saturated heterocycles. The summed E-state index contributed by atoms with van der Waals surface area (Å²) in [5.41, 5.74) is 4.95. The molecule has 0 aliphatic heterocycles. The van der Waals surface area contributed by atoms with Crippen molar-refractivity contribution in [1.82, 2.24) is 60.3 Å². The summed E-state index contributed by atoms with van der Waals surface area (Å²) in [5, 5.41) is 52.1. The van der Waals surface area contributed by atoms with Crippen LogP contribution in [0.4, 0.5) is 31.5 Å². The average Bonchev–Trinajstić information content (AvgIpc) is 3.64. The van der Waals surface area contributed by atoms with Crippen molar-refractivity contribution in [2.24, 2.45) is 0 Å². The van der Waals surface area contributed by atoms with Crippen LogP contribution in [-0.2, 0) is 45.4 Å². The van der Waals surface area contributed by atoms with Crippen molar-refractivity contribution in [1.29, 1.82) is 0 Å². The van der Waals surface area contributed by atoms with Crippen molar-refractivity contribution in [3.05, 3.63) is 154 Å². The SMILES string of the molecule is C.C.CC(=O)c1nn(CC(=O)N(CC(=O)NCc2cccc(Cl)c2F)C2CC(O)C2)c2ccc(Nc3cncnc3)cc12.CC(=O)c1nn(CC(=O)O)c2ccc(Nc3cncnc3)cc12.O=C(CNC1CC(O)C1)NCc1cccc(Cl)c1F. The summed E-state index contributed by atoms with van der Waals surface area (Å²) in [6, 6.07) is 19.6. The number of aliphatic carboxylic acids is 1. The Morgan fingerprint density at radius 3 is 1.51 bits per heavy atom. The Bertz CT molecular complexity index is 3660. The summed E-state index contributed by atoms with van der Waals surface area (Å²) < 4.78 is 30.5. The van der Waals surface area contributed by atoms with Crippen LogP contribution in [0.5, 0.6) is 0 Å². The van der Waals surface area contributed by atoms with E-state index < -0.39 is 35.5 Å². The van der Waals surface area contributed by atoms with Crippen LogP contribution in [-0.4, -0.2) is 132 Å². The molecule has 3 amide bonds. The van der Waals surface area contributed by atoms with E-state index in [1.807, 2.05) is 0 Å². The number of hydrogen-bond donors (Lipinski definition) is 8. The first-order valence-corrected chi connectivity index (χ1v) is 26.6. The third-order valence-corrected chi connectivity index (χ3v) is 13.9. The van der Waals surface area contributed by atoms with E-state index >= 15 is 0 Å². The highest BCUT2D eigenvalue weighted by atomic mass is 35.5. The van der Waals surface area contributed by atoms with Crippen molar-refractivity contribution in [2.75, 3.05) is 23.7 Å². The lowest BCUT2D eigenvalue weighted by molar-refractivity contribution is -0.143. The summed E-state index contributed by atoms with van der Waals surface area (Å²) in [6.45, 7) is 2.16. The standard InChI is InChI=1S/C28H27ClFN7O4.C15H13N5O3.C13H16ClFN2O2.2CH4/c1-16(38)28-22-7-18(34-19-11-31-15-32-12-19)5-6-24(22)37(35-28)14-26(41)36(20-8-21(39)9-20)13-25(40)33-10-17-3-2-4-23(29)27(17)30;1-9(21)15-12-4-10(18-11-5-16-8-17-6-11)2-3-13(12)20(19-15)7-14(22)23;14-11-3-1-2-8(13(11)15)6-17-12(19)7-16-9-4-10(18)5-9;;/h2-7,11-12,15,20-21,34,39H,8-10,13-14H2,1H3,(H,33,40);2-6,8,18H,7H2,1H3,(H,22,23);1-3,9-10,16,18H,4-7H2,(H,17,19);2*1H4. The molecule has 2 saturated carbocycles. The Kier molecular flexibility index (Phi) is 23.1. The number of anilines is 4. The zero-order valence-electron chi connectivity index (χ0n) is 44.6. The second kappa shape index (κ2) is 30.1. The van der Waals surface area contributed by atoms with Gasteiger partial charge in [0.15, 0.2) is 11.6 Å². The van der Waals surface area contributed by atoms with E-state index in [-0.39, 0.29) is 117 Å². The number of ketones is 2. The number of nitrogens with one attached hydrogen (secondary N) is 5. The summed E-state index contributed by atoms with van der Waals surface area (Å²) in [7, 11) is 0. The molecule has 4 aromatic carbocycles. The second-order valence-corrected chi connectivity index (χ2v) is 20.3. The lowest BCUT2D eigenvalue weighted by Crippen LogP contribution is -2.53. The van der Waals surface area contributed by atoms with Gasteiger partial charge in [0, 0.05) is 72.3 Å². The van der Waals surface area contributed by atoms with E-state index in [1.165, 1.54) is 59.0 Å². The molecule has 2 fully saturated rings. The minimum absolute atomic E-state index is 0. The van der Waals surface area contributed by atoms with Crippen LogP contribution in [0.3, 0.4) is 0 Å². The van der Waals surface area contributed by atoms with Crippen molar-refractivity contribution in [3.8, 4) is 0 Å². The third kappa shape index (κ3) is 17.4. The first kappa shape index (κ1) is 65.3. The van der Waals surface area contributed by atoms with Crippen LogP contribution in [0.25, 0.3) is 21.8 Å². The number of aliphatic hydroxyl groups excluding tert-OH is 2. The molecule has 0 radical (unpaired) electrons. The number of amides is 3. The molecule has 448 valence electrons. The molecule has 23 nitrogen and oxygen atoms in total. The van der Waals surface area contributed by atoms with E-state index in [9.17, 15) is 42.7 Å². The largest absolute Gasteiger partial charge is 0.480 e. The molecule has 85 heavy (non-hydrogen) atoms. The highest BCUT2D eigenvalue weighted by molar-refractivity contribution is 6.31. The fourth-order valence-electron chi connectivity index (χ4n) is 8.94. The predicted molar refractivity (Wildman–Crippen MR) is 315 cm³/mol. The van der Waals surface area contributed by atoms with Crippen LogP contribution in [0.15, 0.2) is 110 Å². The van der Waals surface area contributed by atoms with Crippen molar-refractivity contribution < 1.29 is 52.9 Å². The highest BCUT2D eigenvalue weighted by Crippen LogP contribution is 2.30. The smallest absolute Gasteiger partial charge is 0.325 e. The maximum Gasteiger partial charge on any atom is 0.325 e. The van der Waals surface area contributed by atoms with Crippen LogP contribution in [0.1, 0.15) is 86.5 Å². The van der Waals surface area contributed by atoms with Gasteiger partial charge in [0.2, 0.25) is 17.7 Å². The topological polar surface area (TPSA) is 314 Å². The number of nitrogens with zero attached hydrogens (tertiary/aromatic N) is 9. The molecule has 8 N–H and O–H groups in total. The second-order valence-electron chi connectivity index (χ2n) is 19.5. The fourth-order valence-corrected chi connectivity index (χ4v) is 9.33. The number of aliphatic hydroxyl groups is 2. The Morgan fingerprint density at radius 2 is 1.07 bits per heavy atom. The van der Waals surface area contributed by atoms with Gasteiger partial charge in [0.1, 0.15) is 48.8 Å². The molecule has 2 aliphatic rings. The van der Waals surface area contributed by atoms with E-state index in [1.54, 1.807) is 79.4 Å². The number of carbonyl (C=O) groups is 6. The Balaban J connectivity index is 0.000000222. The molecule has 27 heteroatoms. The number of benzene rings is 4.